The predicted molar refractivity (Wildman–Crippen MR) is 45.6 cm³/mol. The van der Waals surface area contributed by atoms with Gasteiger partial charge in [0.2, 0.25) is 0 Å². The highest BCUT2D eigenvalue weighted by Gasteiger charge is 2.25. The van der Waals surface area contributed by atoms with Gasteiger partial charge >= 0.3 is 0 Å². The quantitative estimate of drug-likeness (QED) is 0.599. The molecule has 1 aliphatic carbocycles. The van der Waals surface area contributed by atoms with Crippen LogP contribution in [0.4, 0.5) is 0 Å². The topological polar surface area (TPSA) is 20.3 Å². The molecule has 2 heteroatoms. The number of Topliss-reactive ketones (excluding diaryl/α,β-unsaturated/α-hetero) is 1. The van der Waals surface area contributed by atoms with Crippen LogP contribution in [0.5, 0.6) is 0 Å². The molecule has 64 valence electrons. The van der Waals surface area contributed by atoms with Gasteiger partial charge in [-0.05, 0) is 39.8 Å². The number of nitrogens with zero attached hydrogens (tertiary/aromatic N) is 1. The Bertz CT molecular complexity index is 140. The average molecular weight is 155 g/mol. The number of hydrogen-bond donors (Lipinski definition) is 0. The summed E-state index contributed by atoms with van der Waals surface area (Å²) < 4.78 is 0. The van der Waals surface area contributed by atoms with Crippen molar-refractivity contribution in [1.82, 2.24) is 4.90 Å². The van der Waals surface area contributed by atoms with Crippen molar-refractivity contribution in [2.75, 3.05) is 13.6 Å². The van der Waals surface area contributed by atoms with E-state index in [9.17, 15) is 4.79 Å². The van der Waals surface area contributed by atoms with Crippen molar-refractivity contribution in [3.05, 3.63) is 0 Å². The van der Waals surface area contributed by atoms with Gasteiger partial charge in [-0.3, -0.25) is 0 Å². The van der Waals surface area contributed by atoms with Gasteiger partial charge in [-0.2, -0.15) is 0 Å². The normalized spacial score (nSPS) is 17.4. The lowest BCUT2D eigenvalue weighted by Crippen LogP contribution is -2.22. The number of carbonyl (C=O) groups is 1. The van der Waals surface area contributed by atoms with E-state index in [1.165, 1.54) is 12.8 Å². The van der Waals surface area contributed by atoms with E-state index in [1.54, 1.807) is 6.92 Å². The first kappa shape index (κ1) is 8.72. The van der Waals surface area contributed by atoms with E-state index in [0.29, 0.717) is 5.78 Å². The molecule has 2 nitrogen and oxygen atoms in total. The average Bonchev–Trinajstić information content (AvgIpc) is 2.66. The Kier molecular flexibility index (Phi) is 3.06. The maximum absolute atomic E-state index is 10.6. The third kappa shape index (κ3) is 3.51. The molecule has 0 unspecified atom stereocenters. The summed E-state index contributed by atoms with van der Waals surface area (Å²) in [5.41, 5.74) is 0. The first-order valence-corrected chi connectivity index (χ1v) is 4.40. The fourth-order valence-electron chi connectivity index (χ4n) is 1.28. The van der Waals surface area contributed by atoms with Crippen LogP contribution in [0, 0.1) is 0 Å². The summed E-state index contributed by atoms with van der Waals surface area (Å²) in [5, 5.41) is 0. The summed E-state index contributed by atoms with van der Waals surface area (Å²) in [6.45, 7) is 2.75. The molecular weight excluding hydrogens is 138 g/mol. The minimum Gasteiger partial charge on any atom is -0.303 e. The van der Waals surface area contributed by atoms with E-state index in [2.05, 4.69) is 11.9 Å². The molecule has 0 aliphatic heterocycles. The highest BCUT2D eigenvalue weighted by Crippen LogP contribution is 2.25. The SMILES string of the molecule is CC(=O)CCCN(C)C1CC1. The van der Waals surface area contributed by atoms with Crippen molar-refractivity contribution in [3.8, 4) is 0 Å². The van der Waals surface area contributed by atoms with Crippen molar-refractivity contribution >= 4 is 5.78 Å². The highest BCUT2D eigenvalue weighted by atomic mass is 16.1. The van der Waals surface area contributed by atoms with E-state index in [0.717, 1.165) is 25.4 Å². The standard InChI is InChI=1S/C9H17NO/c1-8(11)4-3-7-10(2)9-5-6-9/h9H,3-7H2,1-2H3. The number of hydrogen-bond acceptors (Lipinski definition) is 2. The second-order valence-corrected chi connectivity index (χ2v) is 3.52. The molecule has 1 fully saturated rings. The largest absolute Gasteiger partial charge is 0.303 e. The molecule has 0 aromatic rings. The fraction of sp³-hybridized carbons (Fsp3) is 0.889. The van der Waals surface area contributed by atoms with Crippen LogP contribution in [-0.4, -0.2) is 30.3 Å². The van der Waals surface area contributed by atoms with Crippen molar-refractivity contribution in [2.45, 2.75) is 38.6 Å². The molecule has 1 aliphatic rings. The van der Waals surface area contributed by atoms with Crippen molar-refractivity contribution in [2.24, 2.45) is 0 Å². The molecule has 0 spiro atoms. The zero-order chi connectivity index (χ0) is 8.27. The summed E-state index contributed by atoms with van der Waals surface area (Å²) in [5.74, 6) is 0.314. The summed E-state index contributed by atoms with van der Waals surface area (Å²) in [7, 11) is 2.15. The zero-order valence-electron chi connectivity index (χ0n) is 7.47. The Hall–Kier alpha value is -0.370. The molecule has 0 saturated heterocycles. The first-order valence-electron chi connectivity index (χ1n) is 4.40. The Morgan fingerprint density at radius 3 is 2.64 bits per heavy atom. The molecule has 0 bridgehead atoms. The van der Waals surface area contributed by atoms with E-state index in [4.69, 9.17) is 0 Å². The molecule has 0 N–H and O–H groups in total. The van der Waals surface area contributed by atoms with Crippen molar-refractivity contribution < 1.29 is 4.79 Å². The number of rotatable bonds is 5. The van der Waals surface area contributed by atoms with Crippen LogP contribution in [0.1, 0.15) is 32.6 Å². The van der Waals surface area contributed by atoms with E-state index >= 15 is 0 Å². The maximum atomic E-state index is 10.6. The van der Waals surface area contributed by atoms with Crippen molar-refractivity contribution in [3.63, 3.8) is 0 Å². The van der Waals surface area contributed by atoms with Gasteiger partial charge in [0.1, 0.15) is 5.78 Å². The third-order valence-electron chi connectivity index (χ3n) is 2.21. The number of ketones is 1. The summed E-state index contributed by atoms with van der Waals surface area (Å²) in [6, 6.07) is 0.835. The highest BCUT2D eigenvalue weighted by molar-refractivity contribution is 5.75. The van der Waals surface area contributed by atoms with Crippen LogP contribution >= 0.6 is 0 Å². The minimum atomic E-state index is 0.314. The molecule has 0 amide bonds. The Balaban J connectivity index is 1.97. The van der Waals surface area contributed by atoms with Gasteiger partial charge in [-0.1, -0.05) is 0 Å². The molecule has 11 heavy (non-hydrogen) atoms. The molecule has 1 saturated carbocycles. The maximum Gasteiger partial charge on any atom is 0.129 e. The Labute approximate surface area is 68.6 Å². The van der Waals surface area contributed by atoms with Gasteiger partial charge in [-0.25, -0.2) is 0 Å². The van der Waals surface area contributed by atoms with Crippen LogP contribution in [0.25, 0.3) is 0 Å². The van der Waals surface area contributed by atoms with Crippen LogP contribution in [0.15, 0.2) is 0 Å². The van der Waals surface area contributed by atoms with Crippen LogP contribution < -0.4 is 0 Å². The van der Waals surface area contributed by atoms with Crippen LogP contribution in [0.3, 0.4) is 0 Å². The summed E-state index contributed by atoms with van der Waals surface area (Å²) in [6.07, 6.45) is 4.49. The molecule has 0 radical (unpaired) electrons. The van der Waals surface area contributed by atoms with Crippen LogP contribution in [0.2, 0.25) is 0 Å². The summed E-state index contributed by atoms with van der Waals surface area (Å²) in [4.78, 5) is 13.0. The monoisotopic (exact) mass is 155 g/mol. The van der Waals surface area contributed by atoms with E-state index in [1.807, 2.05) is 0 Å². The lowest BCUT2D eigenvalue weighted by molar-refractivity contribution is -0.117. The lowest BCUT2D eigenvalue weighted by atomic mass is 10.2. The van der Waals surface area contributed by atoms with Gasteiger partial charge in [-0.15, -0.1) is 0 Å². The molecule has 0 atom stereocenters. The Morgan fingerprint density at radius 1 is 1.55 bits per heavy atom. The minimum absolute atomic E-state index is 0.314. The lowest BCUT2D eigenvalue weighted by Gasteiger charge is -2.14. The van der Waals surface area contributed by atoms with Gasteiger partial charge in [0.05, 0.1) is 0 Å². The molecule has 1 rings (SSSR count). The smallest absolute Gasteiger partial charge is 0.129 e. The molecule has 0 heterocycles. The van der Waals surface area contributed by atoms with Gasteiger partial charge < -0.3 is 9.69 Å². The van der Waals surface area contributed by atoms with Crippen LogP contribution in [-0.2, 0) is 4.79 Å². The van der Waals surface area contributed by atoms with E-state index in [-0.39, 0.29) is 0 Å². The predicted octanol–water partition coefficient (Wildman–Crippen LogP) is 1.45. The van der Waals surface area contributed by atoms with Gasteiger partial charge in [0, 0.05) is 12.5 Å². The molecular formula is C9H17NO. The second-order valence-electron chi connectivity index (χ2n) is 3.52. The zero-order valence-corrected chi connectivity index (χ0v) is 7.47. The Morgan fingerprint density at radius 2 is 2.18 bits per heavy atom. The third-order valence-corrected chi connectivity index (χ3v) is 2.21. The molecule has 0 aromatic heterocycles. The first-order chi connectivity index (χ1) is 5.20. The summed E-state index contributed by atoms with van der Waals surface area (Å²) >= 11 is 0. The number of carbonyl (C=O) groups excluding carboxylic acids is 1. The fourth-order valence-corrected chi connectivity index (χ4v) is 1.28. The van der Waals surface area contributed by atoms with Gasteiger partial charge in [0.25, 0.3) is 0 Å². The van der Waals surface area contributed by atoms with Gasteiger partial charge in [0.15, 0.2) is 0 Å². The van der Waals surface area contributed by atoms with E-state index < -0.39 is 0 Å². The van der Waals surface area contributed by atoms with Crippen molar-refractivity contribution in [1.29, 1.82) is 0 Å². The molecule has 0 aromatic carbocycles. The second kappa shape index (κ2) is 3.86.